The number of nitrogens with zero attached hydrogens (tertiary/aromatic N) is 1. The lowest BCUT2D eigenvalue weighted by Gasteiger charge is -2.35. The van der Waals surface area contributed by atoms with Gasteiger partial charge in [0.25, 0.3) is 0 Å². The topological polar surface area (TPSA) is 49.4 Å². The van der Waals surface area contributed by atoms with Crippen LogP contribution in [0.3, 0.4) is 0 Å². The summed E-state index contributed by atoms with van der Waals surface area (Å²) in [6.45, 7) is 3.85. The number of likely N-dealkylation sites (tertiary alicyclic amines) is 1. The first-order valence-electron chi connectivity index (χ1n) is 9.48. The van der Waals surface area contributed by atoms with E-state index in [1.807, 2.05) is 4.90 Å². The highest BCUT2D eigenvalue weighted by molar-refractivity contribution is 5.92. The molecule has 0 aromatic heterocycles. The monoisotopic (exact) mass is 364 g/mol. The maximum absolute atomic E-state index is 13.7. The van der Waals surface area contributed by atoms with Crippen LogP contribution < -0.4 is 5.32 Å². The van der Waals surface area contributed by atoms with Crippen LogP contribution in [0.4, 0.5) is 14.5 Å². The Morgan fingerprint density at radius 3 is 2.42 bits per heavy atom. The lowest BCUT2D eigenvalue weighted by atomic mass is 9.80. The molecule has 26 heavy (non-hydrogen) atoms. The Kier molecular flexibility index (Phi) is 5.89. The standard InChI is InChI=1S/C20H26F2N2O2/c1-13-3-2-10-24(12-13)20(26)15-6-4-14(5-7-15)19(25)23-18-9-8-16(21)11-17(18)22/h8-9,11,13-15H,2-7,10,12H2,1H3,(H,23,25). The minimum Gasteiger partial charge on any atom is -0.342 e. The molecule has 1 aromatic carbocycles. The van der Waals surface area contributed by atoms with Crippen LogP contribution in [0.25, 0.3) is 0 Å². The van der Waals surface area contributed by atoms with Gasteiger partial charge in [0.2, 0.25) is 11.8 Å². The molecule has 1 saturated carbocycles. The van der Waals surface area contributed by atoms with E-state index in [0.29, 0.717) is 31.6 Å². The second-order valence-electron chi connectivity index (χ2n) is 7.69. The number of anilines is 1. The van der Waals surface area contributed by atoms with Gasteiger partial charge in [0.15, 0.2) is 0 Å². The lowest BCUT2D eigenvalue weighted by Crippen LogP contribution is -2.43. The zero-order valence-corrected chi connectivity index (χ0v) is 15.1. The van der Waals surface area contributed by atoms with E-state index in [2.05, 4.69) is 12.2 Å². The van der Waals surface area contributed by atoms with Gasteiger partial charge in [-0.05, 0) is 56.6 Å². The number of carbonyl (C=O) groups excluding carboxylic acids is 2. The zero-order valence-electron chi connectivity index (χ0n) is 15.1. The van der Waals surface area contributed by atoms with Crippen molar-refractivity contribution < 1.29 is 18.4 Å². The molecule has 2 aliphatic rings. The molecule has 1 N–H and O–H groups in total. The maximum atomic E-state index is 13.7. The summed E-state index contributed by atoms with van der Waals surface area (Å²) in [5, 5.41) is 2.54. The number of benzene rings is 1. The minimum absolute atomic E-state index is 0.00287. The van der Waals surface area contributed by atoms with Crippen molar-refractivity contribution in [1.82, 2.24) is 4.90 Å². The molecular formula is C20H26F2N2O2. The number of rotatable bonds is 3. The largest absolute Gasteiger partial charge is 0.342 e. The van der Waals surface area contributed by atoms with E-state index < -0.39 is 11.6 Å². The van der Waals surface area contributed by atoms with E-state index in [4.69, 9.17) is 0 Å². The van der Waals surface area contributed by atoms with Crippen molar-refractivity contribution in [2.24, 2.45) is 17.8 Å². The summed E-state index contributed by atoms with van der Waals surface area (Å²) in [4.78, 5) is 27.0. The number of piperidine rings is 1. The van der Waals surface area contributed by atoms with Gasteiger partial charge in [0, 0.05) is 31.0 Å². The summed E-state index contributed by atoms with van der Waals surface area (Å²) in [5.41, 5.74) is -0.00287. The predicted molar refractivity (Wildman–Crippen MR) is 95.4 cm³/mol. The SMILES string of the molecule is CC1CCCN(C(=O)C2CCC(C(=O)Nc3ccc(F)cc3F)CC2)C1. The number of carbonyl (C=O) groups is 2. The van der Waals surface area contributed by atoms with Gasteiger partial charge in [-0.15, -0.1) is 0 Å². The molecule has 3 rings (SSSR count). The fourth-order valence-electron chi connectivity index (χ4n) is 4.08. The van der Waals surface area contributed by atoms with E-state index in [-0.39, 0.29) is 29.3 Å². The normalized spacial score (nSPS) is 26.4. The first kappa shape index (κ1) is 18.8. The summed E-state index contributed by atoms with van der Waals surface area (Å²) in [6.07, 6.45) is 4.86. The third-order valence-electron chi connectivity index (χ3n) is 5.60. The summed E-state index contributed by atoms with van der Waals surface area (Å²) < 4.78 is 26.6. The Morgan fingerprint density at radius 2 is 1.77 bits per heavy atom. The van der Waals surface area contributed by atoms with Crippen LogP contribution in [0.5, 0.6) is 0 Å². The van der Waals surface area contributed by atoms with Gasteiger partial charge in [-0.25, -0.2) is 8.78 Å². The molecule has 142 valence electrons. The average molecular weight is 364 g/mol. The Labute approximate surface area is 152 Å². The van der Waals surface area contributed by atoms with Crippen molar-refractivity contribution >= 4 is 17.5 Å². The van der Waals surface area contributed by atoms with E-state index >= 15 is 0 Å². The van der Waals surface area contributed by atoms with Crippen LogP contribution in [0, 0.1) is 29.4 Å². The molecule has 0 radical (unpaired) electrons. The van der Waals surface area contributed by atoms with Crippen molar-refractivity contribution in [2.45, 2.75) is 45.4 Å². The van der Waals surface area contributed by atoms with Crippen molar-refractivity contribution in [1.29, 1.82) is 0 Å². The van der Waals surface area contributed by atoms with Crippen LogP contribution in [-0.2, 0) is 9.59 Å². The third-order valence-corrected chi connectivity index (χ3v) is 5.60. The van der Waals surface area contributed by atoms with E-state index in [9.17, 15) is 18.4 Å². The number of nitrogens with one attached hydrogen (secondary N) is 1. The van der Waals surface area contributed by atoms with Gasteiger partial charge in [-0.2, -0.15) is 0 Å². The molecule has 6 heteroatoms. The number of hydrogen-bond acceptors (Lipinski definition) is 2. The highest BCUT2D eigenvalue weighted by Crippen LogP contribution is 2.32. The number of hydrogen-bond donors (Lipinski definition) is 1. The molecule has 1 atom stereocenters. The molecule has 2 fully saturated rings. The first-order valence-corrected chi connectivity index (χ1v) is 9.48. The Balaban J connectivity index is 1.51. The molecule has 1 unspecified atom stereocenters. The summed E-state index contributed by atoms with van der Waals surface area (Å²) in [7, 11) is 0. The van der Waals surface area contributed by atoms with Gasteiger partial charge in [0.05, 0.1) is 5.69 Å². The molecule has 1 aliphatic heterocycles. The Morgan fingerprint density at radius 1 is 1.08 bits per heavy atom. The molecule has 2 amide bonds. The fourth-order valence-corrected chi connectivity index (χ4v) is 4.08. The number of amides is 2. The molecular weight excluding hydrogens is 338 g/mol. The minimum atomic E-state index is -0.776. The summed E-state index contributed by atoms with van der Waals surface area (Å²) >= 11 is 0. The van der Waals surface area contributed by atoms with Gasteiger partial charge in [-0.3, -0.25) is 9.59 Å². The molecule has 1 saturated heterocycles. The van der Waals surface area contributed by atoms with Crippen LogP contribution in [0.15, 0.2) is 18.2 Å². The van der Waals surface area contributed by atoms with Crippen LogP contribution in [-0.4, -0.2) is 29.8 Å². The second kappa shape index (κ2) is 8.14. The zero-order chi connectivity index (χ0) is 18.7. The third kappa shape index (κ3) is 4.40. The van der Waals surface area contributed by atoms with Crippen molar-refractivity contribution in [3.63, 3.8) is 0 Å². The van der Waals surface area contributed by atoms with Crippen LogP contribution in [0.1, 0.15) is 45.4 Å². The fraction of sp³-hybridized carbons (Fsp3) is 0.600. The smallest absolute Gasteiger partial charge is 0.227 e. The van der Waals surface area contributed by atoms with E-state index in [1.165, 1.54) is 12.5 Å². The van der Waals surface area contributed by atoms with Gasteiger partial charge in [-0.1, -0.05) is 6.92 Å². The lowest BCUT2D eigenvalue weighted by molar-refractivity contribution is -0.139. The Bertz CT molecular complexity index is 672. The summed E-state index contributed by atoms with van der Waals surface area (Å²) in [5.74, 6) is -1.17. The number of halogens is 2. The highest BCUT2D eigenvalue weighted by Gasteiger charge is 2.33. The highest BCUT2D eigenvalue weighted by atomic mass is 19.1. The maximum Gasteiger partial charge on any atom is 0.227 e. The predicted octanol–water partition coefficient (Wildman–Crippen LogP) is 3.97. The quantitative estimate of drug-likeness (QED) is 0.882. The summed E-state index contributed by atoms with van der Waals surface area (Å²) in [6, 6.07) is 3.11. The average Bonchev–Trinajstić information content (AvgIpc) is 2.63. The first-order chi connectivity index (χ1) is 12.4. The Hall–Kier alpha value is -1.98. The van der Waals surface area contributed by atoms with E-state index in [0.717, 1.165) is 31.6 Å². The van der Waals surface area contributed by atoms with Gasteiger partial charge < -0.3 is 10.2 Å². The van der Waals surface area contributed by atoms with Crippen LogP contribution in [0.2, 0.25) is 0 Å². The van der Waals surface area contributed by atoms with Crippen molar-refractivity contribution in [3.8, 4) is 0 Å². The molecule has 0 bridgehead atoms. The van der Waals surface area contributed by atoms with Gasteiger partial charge in [0.1, 0.15) is 11.6 Å². The molecule has 1 aromatic rings. The molecule has 4 nitrogen and oxygen atoms in total. The van der Waals surface area contributed by atoms with Crippen molar-refractivity contribution in [2.75, 3.05) is 18.4 Å². The van der Waals surface area contributed by atoms with Crippen LogP contribution >= 0.6 is 0 Å². The van der Waals surface area contributed by atoms with Gasteiger partial charge >= 0.3 is 0 Å². The molecule has 1 aliphatic carbocycles. The molecule has 1 heterocycles. The van der Waals surface area contributed by atoms with Crippen molar-refractivity contribution in [3.05, 3.63) is 29.8 Å². The second-order valence-corrected chi connectivity index (χ2v) is 7.69. The molecule has 0 spiro atoms. The van der Waals surface area contributed by atoms with E-state index in [1.54, 1.807) is 0 Å².